The molecule has 0 aliphatic heterocycles. The molecule has 64 valence electrons. The van der Waals surface area contributed by atoms with E-state index in [0.29, 0.717) is 0 Å². The van der Waals surface area contributed by atoms with Gasteiger partial charge in [-0.3, -0.25) is 15.5 Å². The first-order valence-electron chi connectivity index (χ1n) is 3.02. The SMILES string of the molecule is COC(=N)c1ccc([N+](=O)[O-])o1. The molecule has 0 saturated carbocycles. The number of hydrogen-bond donors (Lipinski definition) is 1. The summed E-state index contributed by atoms with van der Waals surface area (Å²) in [5, 5.41) is 17.2. The molecule has 1 aromatic heterocycles. The standard InChI is InChI=1S/C6H6N2O4/c1-11-6(7)4-2-3-5(12-4)8(9)10/h2-3,7H,1H3. The number of nitrogens with one attached hydrogen (secondary N) is 1. The molecule has 1 heterocycles. The largest absolute Gasteiger partial charge is 0.479 e. The Labute approximate surface area is 67.4 Å². The second kappa shape index (κ2) is 3.04. The fourth-order valence-electron chi connectivity index (χ4n) is 0.648. The minimum atomic E-state index is -0.674. The van der Waals surface area contributed by atoms with Gasteiger partial charge in [-0.25, -0.2) is 0 Å². The maximum Gasteiger partial charge on any atom is 0.433 e. The lowest BCUT2D eigenvalue weighted by molar-refractivity contribution is -0.402. The van der Waals surface area contributed by atoms with E-state index in [-0.39, 0.29) is 11.7 Å². The van der Waals surface area contributed by atoms with Crippen LogP contribution in [0.5, 0.6) is 0 Å². The summed E-state index contributed by atoms with van der Waals surface area (Å²) in [6.07, 6.45) is 0. The van der Waals surface area contributed by atoms with Crippen molar-refractivity contribution in [2.45, 2.75) is 0 Å². The second-order valence-corrected chi connectivity index (χ2v) is 1.93. The molecule has 0 spiro atoms. The van der Waals surface area contributed by atoms with Gasteiger partial charge in [0.1, 0.15) is 4.92 Å². The van der Waals surface area contributed by atoms with Gasteiger partial charge in [0.2, 0.25) is 5.90 Å². The number of furan rings is 1. The molecule has 0 saturated heterocycles. The summed E-state index contributed by atoms with van der Waals surface area (Å²) < 4.78 is 9.15. The Morgan fingerprint density at radius 3 is 2.83 bits per heavy atom. The van der Waals surface area contributed by atoms with E-state index in [1.165, 1.54) is 19.2 Å². The second-order valence-electron chi connectivity index (χ2n) is 1.93. The third kappa shape index (κ3) is 1.42. The zero-order valence-electron chi connectivity index (χ0n) is 6.23. The number of rotatable bonds is 2. The van der Waals surface area contributed by atoms with E-state index < -0.39 is 10.8 Å². The highest BCUT2D eigenvalue weighted by atomic mass is 16.6. The molecule has 0 bridgehead atoms. The van der Waals surface area contributed by atoms with Gasteiger partial charge in [0.25, 0.3) is 0 Å². The van der Waals surface area contributed by atoms with Crippen molar-refractivity contribution in [1.29, 1.82) is 5.41 Å². The summed E-state index contributed by atoms with van der Waals surface area (Å²) >= 11 is 0. The van der Waals surface area contributed by atoms with E-state index in [4.69, 9.17) is 5.41 Å². The molecular formula is C6H6N2O4. The lowest BCUT2D eigenvalue weighted by Gasteiger charge is -1.94. The highest BCUT2D eigenvalue weighted by molar-refractivity contribution is 5.88. The van der Waals surface area contributed by atoms with Gasteiger partial charge in [0.15, 0.2) is 5.76 Å². The highest BCUT2D eigenvalue weighted by Crippen LogP contribution is 2.15. The summed E-state index contributed by atoms with van der Waals surface area (Å²) in [5.74, 6) is -0.584. The fourth-order valence-corrected chi connectivity index (χ4v) is 0.648. The van der Waals surface area contributed by atoms with E-state index in [2.05, 4.69) is 9.15 Å². The van der Waals surface area contributed by atoms with Crippen molar-refractivity contribution in [1.82, 2.24) is 0 Å². The number of nitrogens with zero attached hydrogens (tertiary/aromatic N) is 1. The van der Waals surface area contributed by atoms with Crippen LogP contribution in [-0.2, 0) is 4.74 Å². The van der Waals surface area contributed by atoms with Gasteiger partial charge in [-0.2, -0.15) is 0 Å². The van der Waals surface area contributed by atoms with E-state index >= 15 is 0 Å². The number of ether oxygens (including phenoxy) is 1. The topological polar surface area (TPSA) is 89.4 Å². The van der Waals surface area contributed by atoms with E-state index in [1.54, 1.807) is 0 Å². The van der Waals surface area contributed by atoms with Crippen molar-refractivity contribution in [2.24, 2.45) is 0 Å². The van der Waals surface area contributed by atoms with Crippen LogP contribution in [-0.4, -0.2) is 17.9 Å². The number of hydrogen-bond acceptors (Lipinski definition) is 5. The van der Waals surface area contributed by atoms with Crippen LogP contribution >= 0.6 is 0 Å². The molecular weight excluding hydrogens is 164 g/mol. The third-order valence-electron chi connectivity index (χ3n) is 1.20. The fraction of sp³-hybridized carbons (Fsp3) is 0.167. The first-order valence-corrected chi connectivity index (χ1v) is 3.02. The summed E-state index contributed by atoms with van der Waals surface area (Å²) in [6, 6.07) is 2.48. The maximum absolute atomic E-state index is 10.1. The van der Waals surface area contributed by atoms with Crippen molar-refractivity contribution in [3.63, 3.8) is 0 Å². The van der Waals surface area contributed by atoms with Gasteiger partial charge in [0.05, 0.1) is 13.2 Å². The zero-order valence-corrected chi connectivity index (χ0v) is 6.23. The van der Waals surface area contributed by atoms with Crippen LogP contribution < -0.4 is 0 Å². The molecule has 0 aliphatic carbocycles. The first kappa shape index (κ1) is 8.25. The Balaban J connectivity index is 2.91. The molecule has 0 radical (unpaired) electrons. The average Bonchev–Trinajstić information content (AvgIpc) is 2.51. The van der Waals surface area contributed by atoms with Gasteiger partial charge in [-0.1, -0.05) is 0 Å². The molecule has 0 aliphatic rings. The van der Waals surface area contributed by atoms with Crippen LogP contribution in [0.25, 0.3) is 0 Å². The summed E-state index contributed by atoms with van der Waals surface area (Å²) in [6.45, 7) is 0. The van der Waals surface area contributed by atoms with Gasteiger partial charge >= 0.3 is 5.88 Å². The smallest absolute Gasteiger partial charge is 0.433 e. The van der Waals surface area contributed by atoms with Gasteiger partial charge < -0.3 is 9.15 Å². The molecule has 0 fully saturated rings. The average molecular weight is 170 g/mol. The molecule has 0 aromatic carbocycles. The van der Waals surface area contributed by atoms with Crippen LogP contribution in [0.4, 0.5) is 5.88 Å². The molecule has 1 aromatic rings. The Hall–Kier alpha value is -1.85. The highest BCUT2D eigenvalue weighted by Gasteiger charge is 2.14. The summed E-state index contributed by atoms with van der Waals surface area (Å²) in [7, 11) is 1.29. The molecule has 6 heteroatoms. The van der Waals surface area contributed by atoms with Crippen LogP contribution in [0, 0.1) is 15.5 Å². The predicted octanol–water partition coefficient (Wildman–Crippen LogP) is 1.16. The van der Waals surface area contributed by atoms with Gasteiger partial charge in [-0.05, 0) is 6.07 Å². The van der Waals surface area contributed by atoms with Crippen LogP contribution in [0.15, 0.2) is 16.5 Å². The van der Waals surface area contributed by atoms with Crippen molar-refractivity contribution < 1.29 is 14.1 Å². The number of nitro groups is 1. The van der Waals surface area contributed by atoms with E-state index in [1.807, 2.05) is 0 Å². The van der Waals surface area contributed by atoms with Gasteiger partial charge in [-0.15, -0.1) is 0 Å². The van der Waals surface area contributed by atoms with Gasteiger partial charge in [0, 0.05) is 0 Å². The summed E-state index contributed by atoms with van der Waals surface area (Å²) in [4.78, 5) is 9.45. The molecule has 1 rings (SSSR count). The normalized spacial score (nSPS) is 9.42. The lowest BCUT2D eigenvalue weighted by Crippen LogP contribution is -1.98. The van der Waals surface area contributed by atoms with E-state index in [9.17, 15) is 10.1 Å². The Morgan fingerprint density at radius 1 is 1.75 bits per heavy atom. The van der Waals surface area contributed by atoms with Crippen LogP contribution in [0.3, 0.4) is 0 Å². The Morgan fingerprint density at radius 2 is 2.42 bits per heavy atom. The number of methoxy groups -OCH3 is 1. The Bertz CT molecular complexity index is 317. The predicted molar refractivity (Wildman–Crippen MR) is 39.2 cm³/mol. The van der Waals surface area contributed by atoms with Crippen LogP contribution in [0.2, 0.25) is 0 Å². The monoisotopic (exact) mass is 170 g/mol. The molecule has 1 N–H and O–H groups in total. The summed E-state index contributed by atoms with van der Waals surface area (Å²) in [5.41, 5.74) is 0. The van der Waals surface area contributed by atoms with Crippen molar-refractivity contribution in [3.8, 4) is 0 Å². The first-order chi connectivity index (χ1) is 5.65. The molecule has 0 unspecified atom stereocenters. The van der Waals surface area contributed by atoms with Crippen molar-refractivity contribution in [3.05, 3.63) is 28.0 Å². The molecule has 0 atom stereocenters. The van der Waals surface area contributed by atoms with Crippen molar-refractivity contribution >= 4 is 11.8 Å². The third-order valence-corrected chi connectivity index (χ3v) is 1.20. The molecule has 12 heavy (non-hydrogen) atoms. The van der Waals surface area contributed by atoms with E-state index in [0.717, 1.165) is 0 Å². The van der Waals surface area contributed by atoms with Crippen molar-refractivity contribution in [2.75, 3.05) is 7.11 Å². The van der Waals surface area contributed by atoms with Crippen LogP contribution in [0.1, 0.15) is 5.76 Å². The zero-order chi connectivity index (χ0) is 9.14. The molecule has 6 nitrogen and oxygen atoms in total. The minimum Gasteiger partial charge on any atom is -0.479 e. The maximum atomic E-state index is 10.1. The molecule has 0 amide bonds. The quantitative estimate of drug-likeness (QED) is 0.312. The Kier molecular flexibility index (Phi) is 2.09. The lowest BCUT2D eigenvalue weighted by atomic mass is 10.4. The minimum absolute atomic E-state index is 0.0456.